The van der Waals surface area contributed by atoms with Crippen LogP contribution in [-0.4, -0.2) is 29.8 Å². The van der Waals surface area contributed by atoms with Gasteiger partial charge in [0.25, 0.3) is 0 Å². The molecule has 0 saturated carbocycles. The molecule has 0 spiro atoms. The lowest BCUT2D eigenvalue weighted by Gasteiger charge is -2.11. The molecule has 0 amide bonds. The number of carbonyl (C=O) groups is 1. The molecule has 2 aromatic rings. The zero-order valence-corrected chi connectivity index (χ0v) is 13.5. The van der Waals surface area contributed by atoms with Gasteiger partial charge < -0.3 is 14.6 Å². The van der Waals surface area contributed by atoms with Crippen LogP contribution in [0.25, 0.3) is 10.6 Å². The minimum absolute atomic E-state index is 0.0567. The van der Waals surface area contributed by atoms with Gasteiger partial charge in [0.1, 0.15) is 5.01 Å². The van der Waals surface area contributed by atoms with Crippen molar-refractivity contribution in [3.8, 4) is 22.1 Å². The summed E-state index contributed by atoms with van der Waals surface area (Å²) >= 11 is 1.30. The van der Waals surface area contributed by atoms with E-state index < -0.39 is 5.97 Å². The van der Waals surface area contributed by atoms with Gasteiger partial charge in [0, 0.05) is 10.9 Å². The van der Waals surface area contributed by atoms with Crippen LogP contribution in [0.2, 0.25) is 0 Å². The van der Waals surface area contributed by atoms with E-state index in [1.54, 1.807) is 7.11 Å². The molecule has 118 valence electrons. The summed E-state index contributed by atoms with van der Waals surface area (Å²) in [5, 5.41) is 11.1. The maximum atomic E-state index is 10.9. The van der Waals surface area contributed by atoms with Gasteiger partial charge in [0.15, 0.2) is 17.2 Å². The number of benzene rings is 1. The molecule has 22 heavy (non-hydrogen) atoms. The van der Waals surface area contributed by atoms with Gasteiger partial charge in [-0.1, -0.05) is 19.8 Å². The third-order valence-corrected chi connectivity index (χ3v) is 4.03. The smallest absolute Gasteiger partial charge is 0.355 e. The third-order valence-electron chi connectivity index (χ3n) is 3.14. The summed E-state index contributed by atoms with van der Waals surface area (Å²) in [6, 6.07) is 5.50. The van der Waals surface area contributed by atoms with Crippen LogP contribution in [0.3, 0.4) is 0 Å². The van der Waals surface area contributed by atoms with E-state index in [-0.39, 0.29) is 5.69 Å². The van der Waals surface area contributed by atoms with E-state index in [2.05, 4.69) is 11.9 Å². The zero-order valence-electron chi connectivity index (χ0n) is 12.7. The number of methoxy groups -OCH3 is 1. The number of carboxylic acid groups (broad SMARTS) is 1. The minimum Gasteiger partial charge on any atom is -0.493 e. The molecule has 0 aliphatic carbocycles. The van der Waals surface area contributed by atoms with E-state index in [1.807, 2.05) is 18.2 Å². The Balaban J connectivity index is 2.19. The number of nitrogens with zero attached hydrogens (tertiary/aromatic N) is 1. The Morgan fingerprint density at radius 1 is 1.32 bits per heavy atom. The normalized spacial score (nSPS) is 10.5. The molecule has 5 nitrogen and oxygen atoms in total. The van der Waals surface area contributed by atoms with Crippen molar-refractivity contribution >= 4 is 17.3 Å². The number of aromatic nitrogens is 1. The number of ether oxygens (including phenoxy) is 2. The molecule has 1 aromatic heterocycles. The molecule has 1 aromatic carbocycles. The van der Waals surface area contributed by atoms with E-state index in [1.165, 1.54) is 16.7 Å². The molecule has 0 bridgehead atoms. The number of hydrogen-bond acceptors (Lipinski definition) is 5. The quantitative estimate of drug-likeness (QED) is 0.742. The lowest BCUT2D eigenvalue weighted by Crippen LogP contribution is -1.99. The number of carboxylic acids is 1. The van der Waals surface area contributed by atoms with Crippen molar-refractivity contribution in [2.45, 2.75) is 26.2 Å². The highest BCUT2D eigenvalue weighted by atomic mass is 32.1. The van der Waals surface area contributed by atoms with E-state index in [4.69, 9.17) is 14.6 Å². The number of rotatable bonds is 8. The fourth-order valence-electron chi connectivity index (χ4n) is 1.96. The van der Waals surface area contributed by atoms with Crippen LogP contribution in [0, 0.1) is 0 Å². The van der Waals surface area contributed by atoms with Gasteiger partial charge in [0.2, 0.25) is 0 Å². The highest BCUT2D eigenvalue weighted by molar-refractivity contribution is 7.13. The van der Waals surface area contributed by atoms with E-state index in [0.717, 1.165) is 24.8 Å². The maximum Gasteiger partial charge on any atom is 0.355 e. The highest BCUT2D eigenvalue weighted by Gasteiger charge is 2.13. The molecule has 0 atom stereocenters. The summed E-state index contributed by atoms with van der Waals surface area (Å²) in [7, 11) is 1.60. The lowest BCUT2D eigenvalue weighted by molar-refractivity contribution is 0.0691. The molecule has 0 fully saturated rings. The Labute approximate surface area is 133 Å². The monoisotopic (exact) mass is 321 g/mol. The second-order valence-electron chi connectivity index (χ2n) is 4.76. The van der Waals surface area contributed by atoms with Gasteiger partial charge >= 0.3 is 5.97 Å². The summed E-state index contributed by atoms with van der Waals surface area (Å²) in [5.74, 6) is 0.297. The largest absolute Gasteiger partial charge is 0.493 e. The highest BCUT2D eigenvalue weighted by Crippen LogP contribution is 2.34. The van der Waals surface area contributed by atoms with Crippen molar-refractivity contribution in [1.29, 1.82) is 0 Å². The summed E-state index contributed by atoms with van der Waals surface area (Å²) in [5.41, 5.74) is 0.880. The molecule has 0 aliphatic heterocycles. The molecular weight excluding hydrogens is 302 g/mol. The zero-order chi connectivity index (χ0) is 15.9. The van der Waals surface area contributed by atoms with Gasteiger partial charge in [-0.2, -0.15) is 0 Å². The van der Waals surface area contributed by atoms with Crippen molar-refractivity contribution in [2.75, 3.05) is 13.7 Å². The number of unbranched alkanes of at least 4 members (excludes halogenated alkanes) is 2. The fourth-order valence-corrected chi connectivity index (χ4v) is 2.75. The number of thiazole rings is 1. The Hall–Kier alpha value is -2.08. The first-order valence-corrected chi connectivity index (χ1v) is 8.03. The van der Waals surface area contributed by atoms with Crippen molar-refractivity contribution < 1.29 is 19.4 Å². The van der Waals surface area contributed by atoms with Crippen LogP contribution < -0.4 is 9.47 Å². The summed E-state index contributed by atoms with van der Waals surface area (Å²) < 4.78 is 11.1. The van der Waals surface area contributed by atoms with Crippen molar-refractivity contribution in [3.63, 3.8) is 0 Å². The minimum atomic E-state index is -1.02. The Morgan fingerprint density at radius 3 is 2.77 bits per heavy atom. The van der Waals surface area contributed by atoms with Gasteiger partial charge in [-0.3, -0.25) is 0 Å². The summed E-state index contributed by atoms with van der Waals surface area (Å²) in [4.78, 5) is 15.0. The van der Waals surface area contributed by atoms with Crippen LogP contribution in [0.1, 0.15) is 36.7 Å². The predicted octanol–water partition coefficient (Wildman–Crippen LogP) is 4.09. The van der Waals surface area contributed by atoms with Crippen LogP contribution in [0.4, 0.5) is 0 Å². The molecule has 0 radical (unpaired) electrons. The van der Waals surface area contributed by atoms with Crippen LogP contribution >= 0.6 is 11.3 Å². The van der Waals surface area contributed by atoms with E-state index in [9.17, 15) is 4.79 Å². The van der Waals surface area contributed by atoms with Crippen LogP contribution in [-0.2, 0) is 0 Å². The second-order valence-corrected chi connectivity index (χ2v) is 5.62. The average Bonchev–Trinajstić information content (AvgIpc) is 3.01. The van der Waals surface area contributed by atoms with Crippen LogP contribution in [0.15, 0.2) is 23.6 Å². The van der Waals surface area contributed by atoms with Gasteiger partial charge in [0.05, 0.1) is 13.7 Å². The molecule has 0 aliphatic rings. The first-order valence-electron chi connectivity index (χ1n) is 7.15. The fraction of sp³-hybridized carbons (Fsp3) is 0.375. The molecule has 2 rings (SSSR count). The molecule has 1 heterocycles. The predicted molar refractivity (Wildman–Crippen MR) is 86.1 cm³/mol. The van der Waals surface area contributed by atoms with Gasteiger partial charge in [-0.25, -0.2) is 9.78 Å². The van der Waals surface area contributed by atoms with Crippen LogP contribution in [0.5, 0.6) is 11.5 Å². The maximum absolute atomic E-state index is 10.9. The summed E-state index contributed by atoms with van der Waals surface area (Å²) in [6.07, 6.45) is 3.25. The SMILES string of the molecule is CCCCCOc1cc(-c2nc(C(=O)O)cs2)ccc1OC. The second kappa shape index (κ2) is 7.79. The van der Waals surface area contributed by atoms with Gasteiger partial charge in [-0.15, -0.1) is 11.3 Å². The Kier molecular flexibility index (Phi) is 5.77. The topological polar surface area (TPSA) is 68.7 Å². The number of hydrogen-bond donors (Lipinski definition) is 1. The Morgan fingerprint density at radius 2 is 2.14 bits per heavy atom. The first kappa shape index (κ1) is 16.3. The standard InChI is InChI=1S/C16H19NO4S/c1-3-4-5-8-21-14-9-11(6-7-13(14)20-2)15-17-12(10-22-15)16(18)19/h6-7,9-10H,3-5,8H2,1-2H3,(H,18,19). The van der Waals surface area contributed by atoms with E-state index >= 15 is 0 Å². The van der Waals surface area contributed by atoms with Gasteiger partial charge in [-0.05, 0) is 24.6 Å². The molecular formula is C16H19NO4S. The van der Waals surface area contributed by atoms with Crippen molar-refractivity contribution in [3.05, 3.63) is 29.3 Å². The molecule has 6 heteroatoms. The van der Waals surface area contributed by atoms with E-state index in [0.29, 0.717) is 23.1 Å². The summed E-state index contributed by atoms with van der Waals surface area (Å²) in [6.45, 7) is 2.77. The third kappa shape index (κ3) is 3.98. The average molecular weight is 321 g/mol. The number of aromatic carboxylic acids is 1. The molecule has 0 unspecified atom stereocenters. The first-order chi connectivity index (χ1) is 10.7. The van der Waals surface area contributed by atoms with Crippen molar-refractivity contribution in [1.82, 2.24) is 4.98 Å². The lowest BCUT2D eigenvalue weighted by atomic mass is 10.2. The van der Waals surface area contributed by atoms with Crippen molar-refractivity contribution in [2.24, 2.45) is 0 Å². The Bertz CT molecular complexity index is 639. The molecule has 1 N–H and O–H groups in total. The molecule has 0 saturated heterocycles.